The van der Waals surface area contributed by atoms with Gasteiger partial charge in [-0.3, -0.25) is 0 Å². The van der Waals surface area contributed by atoms with Crippen molar-refractivity contribution in [1.29, 1.82) is 0 Å². The molecule has 0 radical (unpaired) electrons. The van der Waals surface area contributed by atoms with Crippen LogP contribution in [0.15, 0.2) is 28.8 Å². The molecule has 1 atom stereocenters. The number of hydrogen-bond donors (Lipinski definition) is 1. The van der Waals surface area contributed by atoms with Crippen molar-refractivity contribution in [2.75, 3.05) is 18.5 Å². The highest BCUT2D eigenvalue weighted by Crippen LogP contribution is 2.35. The number of para-hydroxylation sites is 2. The van der Waals surface area contributed by atoms with E-state index in [1.54, 1.807) is 0 Å². The van der Waals surface area contributed by atoms with Gasteiger partial charge in [0.2, 0.25) is 5.82 Å². The normalized spacial score (nSPS) is 17.2. The smallest absolute Gasteiger partial charge is 0.321 e. The maximum Gasteiger partial charge on any atom is 0.321 e. The van der Waals surface area contributed by atoms with Crippen LogP contribution >= 0.6 is 0 Å². The van der Waals surface area contributed by atoms with Crippen LogP contribution in [0, 0.1) is 5.92 Å². The quantitative estimate of drug-likeness (QED) is 0.925. The van der Waals surface area contributed by atoms with Gasteiger partial charge in [-0.25, -0.2) is 0 Å². The molecular weight excluding hydrogens is 258 g/mol. The van der Waals surface area contributed by atoms with E-state index in [-0.39, 0.29) is 6.10 Å². The first-order valence-electron chi connectivity index (χ1n) is 6.68. The number of ether oxygens (including phenoxy) is 2. The lowest BCUT2D eigenvalue weighted by Crippen LogP contribution is -2.22. The Morgan fingerprint density at radius 1 is 1.30 bits per heavy atom. The lowest BCUT2D eigenvalue weighted by atomic mass is 10.2. The predicted molar refractivity (Wildman–Crippen MR) is 72.9 cm³/mol. The number of anilines is 1. The largest absolute Gasteiger partial charge is 0.485 e. The zero-order valence-electron chi connectivity index (χ0n) is 11.5. The molecule has 3 rings (SSSR count). The van der Waals surface area contributed by atoms with Gasteiger partial charge < -0.3 is 19.3 Å². The molecule has 1 aliphatic heterocycles. The molecule has 0 aliphatic carbocycles. The Morgan fingerprint density at radius 3 is 2.90 bits per heavy atom. The Kier molecular flexibility index (Phi) is 3.45. The molecule has 0 saturated heterocycles. The third-order valence-electron chi connectivity index (χ3n) is 2.90. The van der Waals surface area contributed by atoms with Gasteiger partial charge in [0.15, 0.2) is 17.6 Å². The fourth-order valence-corrected chi connectivity index (χ4v) is 1.88. The van der Waals surface area contributed by atoms with Crippen molar-refractivity contribution >= 4 is 6.01 Å². The third kappa shape index (κ3) is 2.68. The first-order chi connectivity index (χ1) is 9.72. The minimum Gasteiger partial charge on any atom is -0.485 e. The van der Waals surface area contributed by atoms with Crippen LogP contribution in [0.3, 0.4) is 0 Å². The summed E-state index contributed by atoms with van der Waals surface area (Å²) in [5.41, 5.74) is 0. The molecule has 6 nitrogen and oxygen atoms in total. The van der Waals surface area contributed by atoms with Gasteiger partial charge in [-0.1, -0.05) is 31.1 Å². The lowest BCUT2D eigenvalue weighted by Gasteiger charge is -2.24. The topological polar surface area (TPSA) is 69.4 Å². The summed E-state index contributed by atoms with van der Waals surface area (Å²) >= 11 is 0. The van der Waals surface area contributed by atoms with Gasteiger partial charge in [0.05, 0.1) is 0 Å². The average molecular weight is 275 g/mol. The molecule has 1 N–H and O–H groups in total. The van der Waals surface area contributed by atoms with Crippen molar-refractivity contribution in [2.45, 2.75) is 20.0 Å². The van der Waals surface area contributed by atoms with Crippen LogP contribution in [-0.2, 0) is 0 Å². The van der Waals surface area contributed by atoms with Gasteiger partial charge in [0.25, 0.3) is 0 Å². The number of fused-ring (bicyclic) bond motifs is 1. The molecule has 106 valence electrons. The second-order valence-corrected chi connectivity index (χ2v) is 5.10. The standard InChI is InChI=1S/C14H17N3O3/c1-9(2)7-15-14-16-13(17-20-14)12-8-18-10-5-3-4-6-11(10)19-12/h3-6,9,12H,7-8H2,1-2H3,(H,15,16,17). The molecule has 0 bridgehead atoms. The molecule has 2 heterocycles. The van der Waals surface area contributed by atoms with Gasteiger partial charge in [-0.2, -0.15) is 4.98 Å². The first-order valence-corrected chi connectivity index (χ1v) is 6.68. The van der Waals surface area contributed by atoms with Crippen molar-refractivity contribution < 1.29 is 14.0 Å². The van der Waals surface area contributed by atoms with E-state index in [1.165, 1.54) is 0 Å². The minimum absolute atomic E-state index is 0.344. The fourth-order valence-electron chi connectivity index (χ4n) is 1.88. The van der Waals surface area contributed by atoms with Crippen LogP contribution in [0.4, 0.5) is 6.01 Å². The predicted octanol–water partition coefficient (Wildman–Crippen LogP) is 2.65. The molecule has 20 heavy (non-hydrogen) atoms. The van der Waals surface area contributed by atoms with Crippen LogP contribution < -0.4 is 14.8 Å². The van der Waals surface area contributed by atoms with E-state index < -0.39 is 0 Å². The second-order valence-electron chi connectivity index (χ2n) is 5.10. The summed E-state index contributed by atoms with van der Waals surface area (Å²) in [6, 6.07) is 7.95. The molecule has 1 aliphatic rings. The molecule has 1 unspecified atom stereocenters. The fraction of sp³-hybridized carbons (Fsp3) is 0.429. The van der Waals surface area contributed by atoms with E-state index in [0.717, 1.165) is 12.3 Å². The monoisotopic (exact) mass is 275 g/mol. The summed E-state index contributed by atoms with van der Waals surface area (Å²) in [5, 5.41) is 7.02. The number of hydrogen-bond acceptors (Lipinski definition) is 6. The summed E-state index contributed by atoms with van der Waals surface area (Å²) in [6.07, 6.45) is -0.344. The van der Waals surface area contributed by atoms with Gasteiger partial charge in [0, 0.05) is 6.54 Å². The summed E-state index contributed by atoms with van der Waals surface area (Å²) < 4.78 is 16.6. The molecule has 0 spiro atoms. The zero-order valence-corrected chi connectivity index (χ0v) is 11.5. The molecule has 1 aromatic heterocycles. The van der Waals surface area contributed by atoms with Crippen LogP contribution in [0.1, 0.15) is 25.8 Å². The number of rotatable bonds is 4. The molecule has 0 saturated carbocycles. The van der Waals surface area contributed by atoms with E-state index in [2.05, 4.69) is 29.3 Å². The van der Waals surface area contributed by atoms with Crippen molar-refractivity contribution in [3.05, 3.63) is 30.1 Å². The van der Waals surface area contributed by atoms with E-state index in [9.17, 15) is 0 Å². The first kappa shape index (κ1) is 12.8. The van der Waals surface area contributed by atoms with Gasteiger partial charge in [-0.15, -0.1) is 0 Å². The number of nitrogens with zero attached hydrogens (tertiary/aromatic N) is 2. The van der Waals surface area contributed by atoms with Crippen LogP contribution in [0.5, 0.6) is 11.5 Å². The lowest BCUT2D eigenvalue weighted by molar-refractivity contribution is 0.0832. The van der Waals surface area contributed by atoms with Crippen molar-refractivity contribution in [1.82, 2.24) is 10.1 Å². The van der Waals surface area contributed by atoms with Crippen LogP contribution in [0.25, 0.3) is 0 Å². The third-order valence-corrected chi connectivity index (χ3v) is 2.90. The van der Waals surface area contributed by atoms with Gasteiger partial charge >= 0.3 is 6.01 Å². The summed E-state index contributed by atoms with van der Waals surface area (Å²) in [6.45, 7) is 5.38. The Labute approximate surface area is 117 Å². The summed E-state index contributed by atoms with van der Waals surface area (Å²) in [7, 11) is 0. The Bertz CT molecular complexity index is 583. The Hall–Kier alpha value is -2.24. The minimum atomic E-state index is -0.344. The highest BCUT2D eigenvalue weighted by Gasteiger charge is 2.26. The summed E-state index contributed by atoms with van der Waals surface area (Å²) in [4.78, 5) is 4.28. The maximum absolute atomic E-state index is 5.82. The Balaban J connectivity index is 1.69. The van der Waals surface area contributed by atoms with Crippen molar-refractivity contribution in [3.63, 3.8) is 0 Å². The zero-order chi connectivity index (χ0) is 13.9. The molecule has 2 aromatic rings. The number of nitrogens with one attached hydrogen (secondary N) is 1. The highest BCUT2D eigenvalue weighted by atomic mass is 16.6. The van der Waals surface area contributed by atoms with E-state index in [0.29, 0.717) is 30.1 Å². The SMILES string of the molecule is CC(C)CNc1nc(C2COc3ccccc3O2)no1. The maximum atomic E-state index is 5.82. The molecule has 1 aromatic carbocycles. The molecule has 0 fully saturated rings. The van der Waals surface area contributed by atoms with Crippen LogP contribution in [-0.4, -0.2) is 23.3 Å². The molecule has 6 heteroatoms. The second kappa shape index (κ2) is 5.40. The molecule has 0 amide bonds. The van der Waals surface area contributed by atoms with Gasteiger partial charge in [0.1, 0.15) is 6.61 Å². The van der Waals surface area contributed by atoms with E-state index >= 15 is 0 Å². The Morgan fingerprint density at radius 2 is 2.10 bits per heavy atom. The highest BCUT2D eigenvalue weighted by molar-refractivity contribution is 5.41. The number of aromatic nitrogens is 2. The average Bonchev–Trinajstić information content (AvgIpc) is 2.93. The van der Waals surface area contributed by atoms with Gasteiger partial charge in [-0.05, 0) is 18.1 Å². The molecular formula is C14H17N3O3. The van der Waals surface area contributed by atoms with E-state index in [1.807, 2.05) is 24.3 Å². The van der Waals surface area contributed by atoms with Crippen molar-refractivity contribution in [2.24, 2.45) is 5.92 Å². The van der Waals surface area contributed by atoms with Crippen LogP contribution in [0.2, 0.25) is 0 Å². The number of benzene rings is 1. The summed E-state index contributed by atoms with van der Waals surface area (Å²) in [5.74, 6) is 2.44. The van der Waals surface area contributed by atoms with E-state index in [4.69, 9.17) is 14.0 Å². The van der Waals surface area contributed by atoms with Crippen molar-refractivity contribution in [3.8, 4) is 11.5 Å².